The summed E-state index contributed by atoms with van der Waals surface area (Å²) in [5, 5.41) is 2.51. The van der Waals surface area contributed by atoms with E-state index < -0.39 is 5.41 Å². The molecule has 4 heteroatoms. The van der Waals surface area contributed by atoms with Gasteiger partial charge >= 0.3 is 0 Å². The third-order valence-electron chi connectivity index (χ3n) is 11.3. The van der Waals surface area contributed by atoms with E-state index >= 15 is 0 Å². The molecule has 0 fully saturated rings. The van der Waals surface area contributed by atoms with Crippen molar-refractivity contribution in [3.63, 3.8) is 0 Å². The number of hydrogen-bond donors (Lipinski definition) is 0. The van der Waals surface area contributed by atoms with Crippen LogP contribution in [0.1, 0.15) is 27.8 Å². The largest absolute Gasteiger partial charge is 0.208 e. The molecule has 0 saturated carbocycles. The molecule has 2 heterocycles. The minimum atomic E-state index is -0.656. The molecule has 0 N–H and O–H groups in total. The Balaban J connectivity index is 1.28. The summed E-state index contributed by atoms with van der Waals surface area (Å²) in [4.78, 5) is 18.1. The predicted octanol–water partition coefficient (Wildman–Crippen LogP) is 12.8. The number of benzene rings is 8. The summed E-state index contributed by atoms with van der Waals surface area (Å²) < 4.78 is 0. The molecule has 1 aliphatic carbocycles. The second kappa shape index (κ2) is 12.5. The van der Waals surface area contributed by atoms with E-state index in [-0.39, 0.29) is 0 Å². The molecule has 3 nitrogen and oxygen atoms in total. The van der Waals surface area contributed by atoms with Crippen molar-refractivity contribution in [1.82, 2.24) is 15.0 Å². The molecule has 0 bridgehead atoms. The summed E-state index contributed by atoms with van der Waals surface area (Å²) in [5.74, 6) is 1.95. The molecule has 55 heavy (non-hydrogen) atoms. The lowest BCUT2D eigenvalue weighted by molar-refractivity contribution is 0.711. The number of nitrogens with zero attached hydrogens (tertiary/aromatic N) is 3. The first kappa shape index (κ1) is 31.9. The fraction of sp³-hybridized carbons (Fsp3) is 0.0392. The number of aryl methyl sites for hydroxylation is 1. The van der Waals surface area contributed by atoms with Gasteiger partial charge in [0.25, 0.3) is 0 Å². The summed E-state index contributed by atoms with van der Waals surface area (Å²) in [7, 11) is 0. The van der Waals surface area contributed by atoms with Gasteiger partial charge < -0.3 is 0 Å². The zero-order valence-electron chi connectivity index (χ0n) is 30.1. The van der Waals surface area contributed by atoms with Gasteiger partial charge in [-0.25, -0.2) is 15.0 Å². The summed E-state index contributed by atoms with van der Waals surface area (Å²) in [6, 6.07) is 65.9. The van der Waals surface area contributed by atoms with Gasteiger partial charge in [0.2, 0.25) is 0 Å². The highest BCUT2D eigenvalue weighted by molar-refractivity contribution is 7.99. The third kappa shape index (κ3) is 4.88. The predicted molar refractivity (Wildman–Crippen MR) is 225 cm³/mol. The van der Waals surface area contributed by atoms with Gasteiger partial charge in [0.1, 0.15) is 0 Å². The molecule has 1 atom stereocenters. The van der Waals surface area contributed by atoms with E-state index in [1.165, 1.54) is 65.1 Å². The molecule has 0 radical (unpaired) electrons. The van der Waals surface area contributed by atoms with Gasteiger partial charge in [0.15, 0.2) is 17.5 Å². The minimum absolute atomic E-state index is 0.645. The van der Waals surface area contributed by atoms with E-state index in [0.29, 0.717) is 17.5 Å². The second-order valence-corrected chi connectivity index (χ2v) is 15.5. The monoisotopic (exact) mass is 719 g/mol. The fourth-order valence-corrected chi connectivity index (χ4v) is 10.2. The van der Waals surface area contributed by atoms with Crippen molar-refractivity contribution in [2.45, 2.75) is 22.1 Å². The quantitative estimate of drug-likeness (QED) is 0.182. The molecule has 1 aliphatic heterocycles. The van der Waals surface area contributed by atoms with Crippen molar-refractivity contribution >= 4 is 22.5 Å². The smallest absolute Gasteiger partial charge is 0.164 e. The first-order valence-corrected chi connectivity index (χ1v) is 19.5. The molecule has 1 spiro atoms. The standard InChI is InChI=1S/C51H33N3S/c1-32-14-13-18-35(30-32)49-52-48(34-16-3-2-4-17-34)53-50(54-49)36-26-28-41-39-21-8-7-20-38(39)40-22-9-10-23-42(40)51(45(41)31-36)43-24-11-12-25-46(43)55-47-37-19-6-5-15-33(37)27-29-44(47)51/h2-31H,1H3. The summed E-state index contributed by atoms with van der Waals surface area (Å²) in [5.41, 5.74) is 13.3. The van der Waals surface area contributed by atoms with E-state index in [1.807, 2.05) is 30.0 Å². The minimum Gasteiger partial charge on any atom is -0.208 e. The van der Waals surface area contributed by atoms with Crippen LogP contribution in [0.2, 0.25) is 0 Å². The van der Waals surface area contributed by atoms with Gasteiger partial charge in [-0.3, -0.25) is 0 Å². The van der Waals surface area contributed by atoms with Gasteiger partial charge in [-0.2, -0.15) is 0 Å². The SMILES string of the molecule is Cc1cccc(-c2nc(-c3ccccc3)nc(-c3ccc4c(c3)C3(c5ccccc5Sc5c3ccc3ccccc53)c3ccccc3-c3ccccc3-4)n2)c1. The Kier molecular flexibility index (Phi) is 7.23. The molecular formula is C51H33N3S. The Morgan fingerprint density at radius 1 is 0.400 bits per heavy atom. The Labute approximate surface area is 324 Å². The summed E-state index contributed by atoms with van der Waals surface area (Å²) in [6.45, 7) is 2.10. The maximum absolute atomic E-state index is 5.24. The van der Waals surface area contributed by atoms with E-state index in [9.17, 15) is 0 Å². The van der Waals surface area contributed by atoms with Crippen molar-refractivity contribution in [2.24, 2.45) is 0 Å². The number of aromatic nitrogens is 3. The maximum Gasteiger partial charge on any atom is 0.164 e. The number of hydrogen-bond acceptors (Lipinski definition) is 4. The first-order chi connectivity index (χ1) is 27.2. The van der Waals surface area contributed by atoms with Crippen LogP contribution in [0.25, 0.3) is 67.2 Å². The van der Waals surface area contributed by atoms with Crippen LogP contribution in [0.15, 0.2) is 192 Å². The fourth-order valence-electron chi connectivity index (χ4n) is 8.86. The number of fused-ring (bicyclic) bond motifs is 13. The van der Waals surface area contributed by atoms with Gasteiger partial charge in [-0.05, 0) is 80.4 Å². The van der Waals surface area contributed by atoms with Crippen LogP contribution in [0.5, 0.6) is 0 Å². The van der Waals surface area contributed by atoms with Crippen LogP contribution in [-0.4, -0.2) is 15.0 Å². The Bertz CT molecular complexity index is 2990. The summed E-state index contributed by atoms with van der Waals surface area (Å²) >= 11 is 1.89. The lowest BCUT2D eigenvalue weighted by Crippen LogP contribution is -2.34. The Morgan fingerprint density at radius 2 is 1.00 bits per heavy atom. The molecule has 11 rings (SSSR count). The van der Waals surface area contributed by atoms with Crippen molar-refractivity contribution in [1.29, 1.82) is 0 Å². The van der Waals surface area contributed by atoms with E-state index in [4.69, 9.17) is 15.0 Å². The van der Waals surface area contributed by atoms with Crippen molar-refractivity contribution in [3.8, 4) is 56.4 Å². The van der Waals surface area contributed by atoms with E-state index in [2.05, 4.69) is 171 Å². The van der Waals surface area contributed by atoms with Gasteiger partial charge in [-0.15, -0.1) is 0 Å². The lowest BCUT2D eigenvalue weighted by Gasteiger charge is -2.43. The van der Waals surface area contributed by atoms with Gasteiger partial charge in [0, 0.05) is 26.5 Å². The van der Waals surface area contributed by atoms with Crippen LogP contribution in [-0.2, 0) is 5.41 Å². The zero-order valence-corrected chi connectivity index (χ0v) is 30.9. The van der Waals surface area contributed by atoms with Crippen molar-refractivity contribution in [2.75, 3.05) is 0 Å². The molecule has 258 valence electrons. The average molecular weight is 720 g/mol. The molecule has 0 saturated heterocycles. The van der Waals surface area contributed by atoms with E-state index in [1.54, 1.807) is 0 Å². The molecule has 1 aromatic heterocycles. The summed E-state index contributed by atoms with van der Waals surface area (Å²) in [6.07, 6.45) is 0. The second-order valence-electron chi connectivity index (χ2n) is 14.4. The Hall–Kier alpha value is -6.62. The maximum atomic E-state index is 5.24. The topological polar surface area (TPSA) is 38.7 Å². The number of rotatable bonds is 3. The van der Waals surface area contributed by atoms with Crippen LogP contribution < -0.4 is 0 Å². The highest BCUT2D eigenvalue weighted by Crippen LogP contribution is 2.62. The van der Waals surface area contributed by atoms with Crippen LogP contribution in [0.4, 0.5) is 0 Å². The molecule has 2 aliphatic rings. The van der Waals surface area contributed by atoms with Crippen LogP contribution in [0, 0.1) is 6.92 Å². The third-order valence-corrected chi connectivity index (χ3v) is 12.5. The molecule has 1 unspecified atom stereocenters. The van der Waals surface area contributed by atoms with Crippen LogP contribution in [0.3, 0.4) is 0 Å². The van der Waals surface area contributed by atoms with Gasteiger partial charge in [-0.1, -0.05) is 181 Å². The highest BCUT2D eigenvalue weighted by atomic mass is 32.2. The van der Waals surface area contributed by atoms with Gasteiger partial charge in [0.05, 0.1) is 5.41 Å². The van der Waals surface area contributed by atoms with Crippen molar-refractivity contribution < 1.29 is 0 Å². The lowest BCUT2D eigenvalue weighted by atomic mass is 9.62. The van der Waals surface area contributed by atoms with Crippen LogP contribution >= 0.6 is 11.8 Å². The molecule has 0 amide bonds. The highest BCUT2D eigenvalue weighted by Gasteiger charge is 2.48. The van der Waals surface area contributed by atoms with E-state index in [0.717, 1.165) is 22.3 Å². The molecular weight excluding hydrogens is 687 g/mol. The Morgan fingerprint density at radius 3 is 1.78 bits per heavy atom. The molecule has 8 aromatic carbocycles. The molecule has 9 aromatic rings. The average Bonchev–Trinajstić information content (AvgIpc) is 3.35. The first-order valence-electron chi connectivity index (χ1n) is 18.7. The normalized spacial score (nSPS) is 15.0. The van der Waals surface area contributed by atoms with Crippen molar-refractivity contribution in [3.05, 3.63) is 210 Å². The zero-order chi connectivity index (χ0) is 36.5.